The van der Waals surface area contributed by atoms with E-state index in [-0.39, 0.29) is 11.5 Å². The summed E-state index contributed by atoms with van der Waals surface area (Å²) < 4.78 is 11.1. The van der Waals surface area contributed by atoms with Gasteiger partial charge in [-0.1, -0.05) is 6.92 Å². The van der Waals surface area contributed by atoms with Gasteiger partial charge in [-0.3, -0.25) is 0 Å². The van der Waals surface area contributed by atoms with Crippen LogP contribution in [-0.2, 0) is 9.47 Å². The molecular formula is C11H21ClO2. The summed E-state index contributed by atoms with van der Waals surface area (Å²) in [4.78, 5) is 0. The van der Waals surface area contributed by atoms with Gasteiger partial charge in [0.15, 0.2) is 0 Å². The molecule has 0 bridgehead atoms. The molecule has 1 saturated heterocycles. The summed E-state index contributed by atoms with van der Waals surface area (Å²) in [5, 5.41) is 0. The first kappa shape index (κ1) is 12.3. The Morgan fingerprint density at radius 3 is 2.79 bits per heavy atom. The van der Waals surface area contributed by atoms with E-state index in [9.17, 15) is 0 Å². The maximum Gasteiger partial charge on any atom is 0.0616 e. The molecule has 0 aliphatic carbocycles. The van der Waals surface area contributed by atoms with E-state index in [2.05, 4.69) is 13.8 Å². The Morgan fingerprint density at radius 1 is 1.50 bits per heavy atom. The van der Waals surface area contributed by atoms with E-state index in [0.29, 0.717) is 5.88 Å². The lowest BCUT2D eigenvalue weighted by Crippen LogP contribution is -2.32. The zero-order chi connectivity index (χ0) is 10.4. The molecule has 0 saturated carbocycles. The molecule has 0 spiro atoms. The molecule has 0 aromatic carbocycles. The summed E-state index contributed by atoms with van der Waals surface area (Å²) in [5.74, 6) is 0.684. The third-order valence-corrected chi connectivity index (χ3v) is 3.72. The summed E-state index contributed by atoms with van der Waals surface area (Å²) in [6.45, 7) is 6.76. The van der Waals surface area contributed by atoms with Crippen LogP contribution in [0.5, 0.6) is 0 Å². The first-order valence-electron chi connectivity index (χ1n) is 5.50. The second-order valence-corrected chi connectivity index (χ2v) is 4.39. The van der Waals surface area contributed by atoms with E-state index in [1.54, 1.807) is 0 Å². The Morgan fingerprint density at radius 2 is 2.29 bits per heavy atom. The van der Waals surface area contributed by atoms with Crippen molar-refractivity contribution in [2.75, 3.05) is 25.7 Å². The summed E-state index contributed by atoms with van der Waals surface area (Å²) >= 11 is 6.04. The van der Waals surface area contributed by atoms with Gasteiger partial charge in [0, 0.05) is 31.1 Å². The number of rotatable bonds is 6. The lowest BCUT2D eigenvalue weighted by molar-refractivity contribution is 0.0438. The minimum absolute atomic E-state index is 0.162. The minimum atomic E-state index is 0.162. The molecule has 2 unspecified atom stereocenters. The largest absolute Gasteiger partial charge is 0.381 e. The third kappa shape index (κ3) is 2.85. The molecule has 1 rings (SSSR count). The Balaban J connectivity index is 2.30. The lowest BCUT2D eigenvalue weighted by atomic mass is 9.81. The highest BCUT2D eigenvalue weighted by Gasteiger charge is 2.40. The van der Waals surface area contributed by atoms with Crippen LogP contribution in [0, 0.1) is 5.41 Å². The molecule has 0 radical (unpaired) electrons. The van der Waals surface area contributed by atoms with Crippen LogP contribution in [0.1, 0.15) is 33.1 Å². The first-order chi connectivity index (χ1) is 6.75. The van der Waals surface area contributed by atoms with Crippen LogP contribution in [-0.4, -0.2) is 31.8 Å². The maximum absolute atomic E-state index is 6.04. The van der Waals surface area contributed by atoms with Gasteiger partial charge < -0.3 is 9.47 Å². The van der Waals surface area contributed by atoms with Gasteiger partial charge in [0.2, 0.25) is 0 Å². The standard InChI is InChI=1S/C11H21ClO2/c1-3-6-13-7-4-11(9-12)5-8-14-10(11)2/h10H,3-9H2,1-2H3. The van der Waals surface area contributed by atoms with Gasteiger partial charge in [0.25, 0.3) is 0 Å². The highest BCUT2D eigenvalue weighted by Crippen LogP contribution is 2.39. The Bertz CT molecular complexity index is 163. The Kier molecular flexibility index (Phi) is 5.21. The smallest absolute Gasteiger partial charge is 0.0616 e. The van der Waals surface area contributed by atoms with Gasteiger partial charge in [-0.25, -0.2) is 0 Å². The van der Waals surface area contributed by atoms with Crippen molar-refractivity contribution in [1.29, 1.82) is 0 Å². The lowest BCUT2D eigenvalue weighted by Gasteiger charge is -2.29. The van der Waals surface area contributed by atoms with Crippen molar-refractivity contribution in [3.05, 3.63) is 0 Å². The molecular weight excluding hydrogens is 200 g/mol. The second-order valence-electron chi connectivity index (χ2n) is 4.12. The normalized spacial score (nSPS) is 32.4. The summed E-state index contributed by atoms with van der Waals surface area (Å²) in [7, 11) is 0. The summed E-state index contributed by atoms with van der Waals surface area (Å²) in [6, 6.07) is 0. The first-order valence-corrected chi connectivity index (χ1v) is 6.04. The fourth-order valence-electron chi connectivity index (χ4n) is 1.91. The van der Waals surface area contributed by atoms with Crippen molar-refractivity contribution in [3.63, 3.8) is 0 Å². The quantitative estimate of drug-likeness (QED) is 0.506. The summed E-state index contributed by atoms with van der Waals surface area (Å²) in [6.07, 6.45) is 3.47. The Hall–Kier alpha value is 0.210. The molecule has 84 valence electrons. The average molecular weight is 221 g/mol. The molecule has 14 heavy (non-hydrogen) atoms. The van der Waals surface area contributed by atoms with Gasteiger partial charge in [0.05, 0.1) is 6.10 Å². The molecule has 1 fully saturated rings. The van der Waals surface area contributed by atoms with E-state index in [4.69, 9.17) is 21.1 Å². The van der Waals surface area contributed by atoms with Crippen LogP contribution in [0.25, 0.3) is 0 Å². The van der Waals surface area contributed by atoms with Gasteiger partial charge in [0.1, 0.15) is 0 Å². The van der Waals surface area contributed by atoms with Crippen molar-refractivity contribution in [1.82, 2.24) is 0 Å². The fourth-order valence-corrected chi connectivity index (χ4v) is 2.40. The van der Waals surface area contributed by atoms with Crippen molar-refractivity contribution >= 4 is 11.6 Å². The van der Waals surface area contributed by atoms with E-state index < -0.39 is 0 Å². The van der Waals surface area contributed by atoms with E-state index in [0.717, 1.165) is 39.1 Å². The van der Waals surface area contributed by atoms with E-state index >= 15 is 0 Å². The zero-order valence-electron chi connectivity index (χ0n) is 9.22. The predicted octanol–water partition coefficient (Wildman–Crippen LogP) is 2.84. The van der Waals surface area contributed by atoms with Crippen LogP contribution >= 0.6 is 11.6 Å². The second kappa shape index (κ2) is 5.94. The average Bonchev–Trinajstić information content (AvgIpc) is 2.56. The number of ether oxygens (including phenoxy) is 2. The maximum atomic E-state index is 6.04. The molecule has 0 amide bonds. The van der Waals surface area contributed by atoms with Crippen molar-refractivity contribution in [2.24, 2.45) is 5.41 Å². The molecule has 3 heteroatoms. The highest BCUT2D eigenvalue weighted by molar-refractivity contribution is 6.18. The van der Waals surface area contributed by atoms with Crippen LogP contribution in [0.4, 0.5) is 0 Å². The van der Waals surface area contributed by atoms with Crippen molar-refractivity contribution in [3.8, 4) is 0 Å². The van der Waals surface area contributed by atoms with Crippen LogP contribution in [0.3, 0.4) is 0 Å². The van der Waals surface area contributed by atoms with E-state index in [1.165, 1.54) is 0 Å². The monoisotopic (exact) mass is 220 g/mol. The highest BCUT2D eigenvalue weighted by atomic mass is 35.5. The predicted molar refractivity (Wildman–Crippen MR) is 58.9 cm³/mol. The number of hydrogen-bond donors (Lipinski definition) is 0. The SMILES string of the molecule is CCCOCCC1(CCl)CCOC1C. The fraction of sp³-hybridized carbons (Fsp3) is 1.00. The van der Waals surface area contributed by atoms with Crippen LogP contribution in [0.2, 0.25) is 0 Å². The van der Waals surface area contributed by atoms with E-state index in [1.807, 2.05) is 0 Å². The number of hydrogen-bond acceptors (Lipinski definition) is 2. The van der Waals surface area contributed by atoms with Gasteiger partial charge in [-0.2, -0.15) is 0 Å². The van der Waals surface area contributed by atoms with Gasteiger partial charge >= 0.3 is 0 Å². The van der Waals surface area contributed by atoms with Crippen molar-refractivity contribution < 1.29 is 9.47 Å². The van der Waals surface area contributed by atoms with Crippen LogP contribution in [0.15, 0.2) is 0 Å². The van der Waals surface area contributed by atoms with Crippen LogP contribution < -0.4 is 0 Å². The van der Waals surface area contributed by atoms with Crippen molar-refractivity contribution in [2.45, 2.75) is 39.2 Å². The van der Waals surface area contributed by atoms with Gasteiger partial charge in [-0.05, 0) is 26.2 Å². The molecule has 2 nitrogen and oxygen atoms in total. The zero-order valence-corrected chi connectivity index (χ0v) is 9.98. The number of alkyl halides is 1. The molecule has 1 aliphatic heterocycles. The molecule has 1 heterocycles. The molecule has 0 aromatic rings. The van der Waals surface area contributed by atoms with Gasteiger partial charge in [-0.15, -0.1) is 11.6 Å². The molecule has 1 aliphatic rings. The molecule has 0 aromatic heterocycles. The third-order valence-electron chi connectivity index (χ3n) is 3.19. The molecule has 0 N–H and O–H groups in total. The topological polar surface area (TPSA) is 18.5 Å². The molecule has 2 atom stereocenters. The number of halogens is 1. The Labute approximate surface area is 91.9 Å². The summed E-state index contributed by atoms with van der Waals surface area (Å²) in [5.41, 5.74) is 0.162. The minimum Gasteiger partial charge on any atom is -0.381 e.